The summed E-state index contributed by atoms with van der Waals surface area (Å²) >= 11 is 0. The second-order valence-electron chi connectivity index (χ2n) is 9.53. The minimum absolute atomic E-state index is 0.0298. The predicted octanol–water partition coefficient (Wildman–Crippen LogP) is 2.75. The van der Waals surface area contributed by atoms with Crippen LogP contribution < -0.4 is 5.73 Å². The number of hydrogen-bond acceptors (Lipinski definition) is 8. The van der Waals surface area contributed by atoms with Gasteiger partial charge in [-0.05, 0) is 29.3 Å². The van der Waals surface area contributed by atoms with Crippen molar-refractivity contribution in [2.45, 2.75) is 24.4 Å². The first-order chi connectivity index (χ1) is 17.3. The van der Waals surface area contributed by atoms with Crippen molar-refractivity contribution in [3.8, 4) is 6.07 Å². The van der Waals surface area contributed by atoms with Crippen LogP contribution in [0.4, 0.5) is 5.69 Å². The van der Waals surface area contributed by atoms with Gasteiger partial charge in [-0.3, -0.25) is 14.8 Å². The van der Waals surface area contributed by atoms with Crippen molar-refractivity contribution in [3.63, 3.8) is 0 Å². The van der Waals surface area contributed by atoms with E-state index in [4.69, 9.17) is 10.5 Å². The van der Waals surface area contributed by atoms with Gasteiger partial charge in [0, 0.05) is 49.9 Å². The molecule has 4 atom stereocenters. The summed E-state index contributed by atoms with van der Waals surface area (Å²) in [7, 11) is -3.26. The SMILES string of the molecule is CS(=O)(=O)C[C@H]1CN(C2OC2c2cncc(N)c2)CCN1[C@@H](c1ccccc1)c1cccc(C#N)c1. The van der Waals surface area contributed by atoms with E-state index >= 15 is 0 Å². The van der Waals surface area contributed by atoms with E-state index in [9.17, 15) is 13.7 Å². The Morgan fingerprint density at radius 2 is 1.89 bits per heavy atom. The van der Waals surface area contributed by atoms with Gasteiger partial charge in [0.1, 0.15) is 22.2 Å². The summed E-state index contributed by atoms with van der Waals surface area (Å²) in [6.07, 6.45) is 4.40. The molecule has 0 radical (unpaired) electrons. The first kappa shape index (κ1) is 24.4. The lowest BCUT2D eigenvalue weighted by molar-refractivity contribution is 0.0372. The average Bonchev–Trinajstić information content (AvgIpc) is 3.66. The second kappa shape index (κ2) is 9.99. The summed E-state index contributed by atoms with van der Waals surface area (Å²) in [5.74, 6) is 0.0298. The Kier molecular flexibility index (Phi) is 6.77. The Labute approximate surface area is 211 Å². The van der Waals surface area contributed by atoms with Crippen LogP contribution in [0.2, 0.25) is 0 Å². The van der Waals surface area contributed by atoms with Crippen molar-refractivity contribution in [2.75, 3.05) is 37.4 Å². The number of nitriles is 1. The number of aromatic nitrogens is 1. The molecule has 2 aromatic carbocycles. The van der Waals surface area contributed by atoms with E-state index in [0.717, 1.165) is 23.2 Å². The zero-order valence-corrected chi connectivity index (χ0v) is 20.9. The first-order valence-electron chi connectivity index (χ1n) is 11.9. The van der Waals surface area contributed by atoms with Crippen LogP contribution in [0.1, 0.15) is 34.4 Å². The van der Waals surface area contributed by atoms with Gasteiger partial charge in [0.15, 0.2) is 0 Å². The van der Waals surface area contributed by atoms with Gasteiger partial charge in [-0.2, -0.15) is 5.26 Å². The highest BCUT2D eigenvalue weighted by Gasteiger charge is 2.48. The minimum Gasteiger partial charge on any atom is -0.397 e. The standard InChI is InChI=1S/C27H29N5O3S/c1-36(33,34)18-24-17-31(27-26(35-27)22-13-23(29)16-30-15-22)10-11-32(24)25(20-7-3-2-4-8-20)21-9-5-6-19(12-21)14-28/h2-9,12-13,15-16,24-27H,10-11,17-18,29H2,1H3/t24-,25+,26?,27?/m1/s1. The number of piperazine rings is 1. The molecule has 9 heteroatoms. The lowest BCUT2D eigenvalue weighted by Gasteiger charge is -2.45. The molecule has 1 aromatic heterocycles. The molecule has 2 N–H and O–H groups in total. The maximum absolute atomic E-state index is 12.5. The molecule has 2 aliphatic heterocycles. The average molecular weight is 504 g/mol. The van der Waals surface area contributed by atoms with Crippen LogP contribution in [0, 0.1) is 11.3 Å². The maximum Gasteiger partial charge on any atom is 0.149 e. The van der Waals surface area contributed by atoms with Gasteiger partial charge >= 0.3 is 0 Å². The topological polar surface area (TPSA) is 116 Å². The lowest BCUT2D eigenvalue weighted by Crippen LogP contribution is -2.57. The number of hydrogen-bond donors (Lipinski definition) is 1. The van der Waals surface area contributed by atoms with Crippen molar-refractivity contribution in [1.29, 1.82) is 5.26 Å². The van der Waals surface area contributed by atoms with Gasteiger partial charge in [0.05, 0.1) is 29.1 Å². The third-order valence-corrected chi connectivity index (χ3v) is 7.76. The molecule has 0 amide bonds. The smallest absolute Gasteiger partial charge is 0.149 e. The quantitative estimate of drug-likeness (QED) is 0.490. The highest BCUT2D eigenvalue weighted by atomic mass is 32.2. The fourth-order valence-corrected chi connectivity index (χ4v) is 6.20. The molecule has 0 saturated carbocycles. The Bertz CT molecular complexity index is 1380. The van der Waals surface area contributed by atoms with Gasteiger partial charge in [-0.25, -0.2) is 8.42 Å². The molecule has 36 heavy (non-hydrogen) atoms. The largest absolute Gasteiger partial charge is 0.397 e. The molecule has 2 unspecified atom stereocenters. The molecule has 2 fully saturated rings. The molecule has 2 aliphatic rings. The van der Waals surface area contributed by atoms with Gasteiger partial charge in [0.2, 0.25) is 0 Å². The molecule has 3 heterocycles. The number of sulfone groups is 1. The highest BCUT2D eigenvalue weighted by molar-refractivity contribution is 7.90. The van der Waals surface area contributed by atoms with Gasteiger partial charge in [-0.15, -0.1) is 0 Å². The predicted molar refractivity (Wildman–Crippen MR) is 137 cm³/mol. The van der Waals surface area contributed by atoms with E-state index in [1.807, 2.05) is 42.5 Å². The van der Waals surface area contributed by atoms with Gasteiger partial charge in [0.25, 0.3) is 0 Å². The summed E-state index contributed by atoms with van der Waals surface area (Å²) in [6.45, 7) is 1.92. The number of nitrogen functional groups attached to an aromatic ring is 1. The first-order valence-corrected chi connectivity index (χ1v) is 14.0. The van der Waals surface area contributed by atoms with E-state index in [1.54, 1.807) is 18.5 Å². The summed E-state index contributed by atoms with van der Waals surface area (Å²) in [5, 5.41) is 9.49. The lowest BCUT2D eigenvalue weighted by atomic mass is 9.93. The van der Waals surface area contributed by atoms with Crippen LogP contribution in [0.25, 0.3) is 0 Å². The van der Waals surface area contributed by atoms with Gasteiger partial charge in [-0.1, -0.05) is 42.5 Å². The normalized spacial score (nSPS) is 23.6. The molecule has 186 valence electrons. The maximum atomic E-state index is 12.5. The number of nitrogens with zero attached hydrogens (tertiary/aromatic N) is 4. The van der Waals surface area contributed by atoms with E-state index in [1.165, 1.54) is 6.26 Å². The second-order valence-corrected chi connectivity index (χ2v) is 11.7. The van der Waals surface area contributed by atoms with Gasteiger partial charge < -0.3 is 10.5 Å². The summed E-state index contributed by atoms with van der Waals surface area (Å²) in [5.41, 5.74) is 10.0. The Morgan fingerprint density at radius 1 is 1.11 bits per heavy atom. The number of epoxide rings is 1. The van der Waals surface area contributed by atoms with Crippen LogP contribution in [0.3, 0.4) is 0 Å². The van der Waals surface area contributed by atoms with Crippen molar-refractivity contribution in [2.24, 2.45) is 0 Å². The van der Waals surface area contributed by atoms with Crippen LogP contribution in [0.15, 0.2) is 73.1 Å². The van der Waals surface area contributed by atoms with E-state index in [2.05, 4.69) is 33.0 Å². The van der Waals surface area contributed by atoms with Crippen LogP contribution in [-0.2, 0) is 14.6 Å². The third-order valence-electron chi connectivity index (χ3n) is 6.77. The van der Waals surface area contributed by atoms with E-state index in [0.29, 0.717) is 24.3 Å². The summed E-state index contributed by atoms with van der Waals surface area (Å²) in [4.78, 5) is 8.65. The molecule has 0 bridgehead atoms. The number of ether oxygens (including phenoxy) is 1. The molecular weight excluding hydrogens is 474 g/mol. The van der Waals surface area contributed by atoms with Crippen molar-refractivity contribution in [1.82, 2.24) is 14.8 Å². The number of nitrogens with two attached hydrogens (primary N) is 1. The molecule has 3 aromatic rings. The molecule has 8 nitrogen and oxygen atoms in total. The van der Waals surface area contributed by atoms with Crippen molar-refractivity contribution in [3.05, 3.63) is 95.3 Å². The molecular formula is C27H29N5O3S. The molecule has 0 aliphatic carbocycles. The van der Waals surface area contributed by atoms with Crippen molar-refractivity contribution >= 4 is 15.5 Å². The van der Waals surface area contributed by atoms with Crippen LogP contribution in [-0.4, -0.2) is 67.1 Å². The fourth-order valence-electron chi connectivity index (χ4n) is 5.21. The summed E-state index contributed by atoms with van der Waals surface area (Å²) < 4.78 is 31.0. The Hall–Kier alpha value is -3.29. The number of rotatable bonds is 7. The third kappa shape index (κ3) is 5.42. The zero-order valence-electron chi connectivity index (χ0n) is 20.1. The molecule has 2 saturated heterocycles. The van der Waals surface area contributed by atoms with E-state index in [-0.39, 0.29) is 30.2 Å². The van der Waals surface area contributed by atoms with Crippen LogP contribution in [0.5, 0.6) is 0 Å². The monoisotopic (exact) mass is 503 g/mol. The minimum atomic E-state index is -3.26. The molecule has 0 spiro atoms. The molecule has 5 rings (SSSR count). The Balaban J connectivity index is 1.45. The summed E-state index contributed by atoms with van der Waals surface area (Å²) in [6, 6.07) is 21.3. The van der Waals surface area contributed by atoms with Crippen molar-refractivity contribution < 1.29 is 13.2 Å². The number of anilines is 1. The zero-order chi connectivity index (χ0) is 25.3. The van der Waals surface area contributed by atoms with E-state index < -0.39 is 9.84 Å². The fraction of sp³-hybridized carbons (Fsp3) is 0.333. The number of pyridine rings is 1. The number of benzene rings is 2. The van der Waals surface area contributed by atoms with Crippen LogP contribution >= 0.6 is 0 Å². The highest BCUT2D eigenvalue weighted by Crippen LogP contribution is 2.43. The Morgan fingerprint density at radius 3 is 2.61 bits per heavy atom.